The van der Waals surface area contributed by atoms with Crippen molar-refractivity contribution in [2.75, 3.05) is 50.9 Å². The fourth-order valence-electron chi connectivity index (χ4n) is 4.04. The van der Waals surface area contributed by atoms with Crippen LogP contribution in [0, 0.1) is 12.3 Å². The molecular weight excluding hydrogens is 456 g/mol. The standard InChI is InChI=1S/C29H34N2O5/c1-4-29(34,24-8-6-5-7-9-24)25-10-12-26(13-11-25)30-16-18-31(19-17-30)27(32)14-15-28(33)36-21-20-35-22-23(2)3/h1,5-13,34H,2,14-22H2,3H3. The summed E-state index contributed by atoms with van der Waals surface area (Å²) >= 11 is 0. The van der Waals surface area contributed by atoms with Crippen LogP contribution in [0.4, 0.5) is 5.69 Å². The Balaban J connectivity index is 1.44. The van der Waals surface area contributed by atoms with E-state index in [-0.39, 0.29) is 25.4 Å². The summed E-state index contributed by atoms with van der Waals surface area (Å²) in [6, 6.07) is 16.7. The largest absolute Gasteiger partial charge is 0.463 e. The van der Waals surface area contributed by atoms with Gasteiger partial charge in [-0.15, -0.1) is 6.42 Å². The van der Waals surface area contributed by atoms with E-state index in [2.05, 4.69) is 17.4 Å². The second-order valence-electron chi connectivity index (χ2n) is 8.87. The van der Waals surface area contributed by atoms with Crippen LogP contribution < -0.4 is 4.90 Å². The van der Waals surface area contributed by atoms with Gasteiger partial charge in [0.2, 0.25) is 5.91 Å². The Hall–Kier alpha value is -3.60. The molecule has 0 aliphatic carbocycles. The topological polar surface area (TPSA) is 79.3 Å². The van der Waals surface area contributed by atoms with Crippen molar-refractivity contribution >= 4 is 17.6 Å². The average Bonchev–Trinajstić information content (AvgIpc) is 2.91. The summed E-state index contributed by atoms with van der Waals surface area (Å²) in [6.07, 6.45) is 5.88. The van der Waals surface area contributed by atoms with E-state index in [0.717, 1.165) is 11.3 Å². The van der Waals surface area contributed by atoms with Crippen molar-refractivity contribution in [2.24, 2.45) is 0 Å². The number of esters is 1. The van der Waals surface area contributed by atoms with Gasteiger partial charge in [-0.3, -0.25) is 9.59 Å². The Morgan fingerprint density at radius 2 is 1.64 bits per heavy atom. The quantitative estimate of drug-likeness (QED) is 0.226. The number of carbonyl (C=O) groups excluding carboxylic acids is 2. The van der Waals surface area contributed by atoms with Gasteiger partial charge in [0.05, 0.1) is 19.6 Å². The van der Waals surface area contributed by atoms with Crippen LogP contribution in [0.3, 0.4) is 0 Å². The summed E-state index contributed by atoms with van der Waals surface area (Å²) in [5.74, 6) is 2.07. The highest BCUT2D eigenvalue weighted by atomic mass is 16.6. The first-order valence-electron chi connectivity index (χ1n) is 12.1. The molecule has 1 heterocycles. The van der Waals surface area contributed by atoms with Crippen LogP contribution in [0.5, 0.6) is 0 Å². The van der Waals surface area contributed by atoms with E-state index in [1.54, 1.807) is 4.90 Å². The third kappa shape index (κ3) is 7.20. The maximum Gasteiger partial charge on any atom is 0.306 e. The molecule has 2 aromatic carbocycles. The van der Waals surface area contributed by atoms with Crippen LogP contribution in [-0.2, 0) is 24.7 Å². The molecule has 0 spiro atoms. The van der Waals surface area contributed by atoms with Crippen molar-refractivity contribution in [1.29, 1.82) is 0 Å². The number of rotatable bonds is 11. The molecular formula is C29H34N2O5. The van der Waals surface area contributed by atoms with Gasteiger partial charge >= 0.3 is 5.97 Å². The minimum Gasteiger partial charge on any atom is -0.463 e. The molecule has 36 heavy (non-hydrogen) atoms. The minimum atomic E-state index is -1.50. The number of hydrogen-bond acceptors (Lipinski definition) is 6. The summed E-state index contributed by atoms with van der Waals surface area (Å²) in [5, 5.41) is 11.1. The van der Waals surface area contributed by atoms with E-state index in [0.29, 0.717) is 50.5 Å². The zero-order chi connectivity index (χ0) is 26.0. The molecule has 1 aliphatic heterocycles. The number of nitrogens with zero attached hydrogens (tertiary/aromatic N) is 2. The van der Waals surface area contributed by atoms with Crippen molar-refractivity contribution in [3.63, 3.8) is 0 Å². The first-order valence-corrected chi connectivity index (χ1v) is 12.1. The number of amides is 1. The highest BCUT2D eigenvalue weighted by Crippen LogP contribution is 2.30. The first-order chi connectivity index (χ1) is 17.3. The molecule has 7 heteroatoms. The second kappa shape index (κ2) is 12.9. The molecule has 1 atom stereocenters. The molecule has 1 fully saturated rings. The lowest BCUT2D eigenvalue weighted by atomic mass is 9.87. The highest BCUT2D eigenvalue weighted by molar-refractivity contribution is 5.81. The summed E-state index contributed by atoms with van der Waals surface area (Å²) < 4.78 is 10.4. The first kappa shape index (κ1) is 27.0. The van der Waals surface area contributed by atoms with Crippen LogP contribution >= 0.6 is 0 Å². The van der Waals surface area contributed by atoms with Gasteiger partial charge in [-0.2, -0.15) is 0 Å². The summed E-state index contributed by atoms with van der Waals surface area (Å²) in [7, 11) is 0. The molecule has 1 aliphatic rings. The van der Waals surface area contributed by atoms with Crippen molar-refractivity contribution in [3.8, 4) is 12.3 Å². The number of terminal acetylenes is 1. The maximum atomic E-state index is 12.5. The smallest absolute Gasteiger partial charge is 0.306 e. The number of ether oxygens (including phenoxy) is 2. The Morgan fingerprint density at radius 1 is 1.00 bits per heavy atom. The number of benzene rings is 2. The van der Waals surface area contributed by atoms with E-state index in [1.807, 2.05) is 61.5 Å². The van der Waals surface area contributed by atoms with Gasteiger partial charge in [0.25, 0.3) is 0 Å². The van der Waals surface area contributed by atoms with Crippen molar-refractivity contribution < 1.29 is 24.2 Å². The zero-order valence-corrected chi connectivity index (χ0v) is 20.8. The molecule has 190 valence electrons. The molecule has 0 radical (unpaired) electrons. The predicted molar refractivity (Wildman–Crippen MR) is 139 cm³/mol. The van der Waals surface area contributed by atoms with Gasteiger partial charge in [-0.05, 0) is 19.1 Å². The maximum absolute atomic E-state index is 12.5. The molecule has 0 aromatic heterocycles. The third-order valence-corrected chi connectivity index (χ3v) is 6.07. The minimum absolute atomic E-state index is 0.0533. The lowest BCUT2D eigenvalue weighted by molar-refractivity contribution is -0.147. The molecule has 0 bridgehead atoms. The van der Waals surface area contributed by atoms with Gasteiger partial charge in [0.1, 0.15) is 6.61 Å². The van der Waals surface area contributed by atoms with Crippen molar-refractivity contribution in [3.05, 3.63) is 77.9 Å². The Labute approximate surface area is 213 Å². The van der Waals surface area contributed by atoms with E-state index in [9.17, 15) is 14.7 Å². The van der Waals surface area contributed by atoms with Gasteiger partial charge in [0.15, 0.2) is 5.60 Å². The normalized spacial score (nSPS) is 15.0. The van der Waals surface area contributed by atoms with Crippen LogP contribution in [-0.4, -0.2) is 67.9 Å². The molecule has 1 unspecified atom stereocenters. The number of aliphatic hydroxyl groups is 1. The van der Waals surface area contributed by atoms with Gasteiger partial charge < -0.3 is 24.4 Å². The molecule has 0 saturated carbocycles. The molecule has 1 N–H and O–H groups in total. The van der Waals surface area contributed by atoms with Gasteiger partial charge in [0, 0.05) is 49.4 Å². The van der Waals surface area contributed by atoms with Crippen LogP contribution in [0.2, 0.25) is 0 Å². The average molecular weight is 491 g/mol. The lowest BCUT2D eigenvalue weighted by Crippen LogP contribution is -2.48. The predicted octanol–water partition coefficient (Wildman–Crippen LogP) is 3.12. The fraction of sp³-hybridized carbons (Fsp3) is 0.379. The van der Waals surface area contributed by atoms with Gasteiger partial charge in [-0.1, -0.05) is 60.5 Å². The summed E-state index contributed by atoms with van der Waals surface area (Å²) in [6.45, 7) is 9.00. The monoisotopic (exact) mass is 490 g/mol. The molecule has 1 saturated heterocycles. The Kier molecular flexibility index (Phi) is 9.69. The Morgan fingerprint density at radius 3 is 2.25 bits per heavy atom. The van der Waals surface area contributed by atoms with Crippen molar-refractivity contribution in [1.82, 2.24) is 4.90 Å². The van der Waals surface area contributed by atoms with Gasteiger partial charge in [-0.25, -0.2) is 0 Å². The summed E-state index contributed by atoms with van der Waals surface area (Å²) in [5.41, 5.74) is 1.68. The zero-order valence-electron chi connectivity index (χ0n) is 20.8. The van der Waals surface area contributed by atoms with Crippen LogP contribution in [0.1, 0.15) is 30.9 Å². The second-order valence-corrected chi connectivity index (χ2v) is 8.87. The fourth-order valence-corrected chi connectivity index (χ4v) is 4.04. The number of carbonyl (C=O) groups is 2. The number of hydrogen-bond donors (Lipinski definition) is 1. The molecule has 3 rings (SSSR count). The summed E-state index contributed by atoms with van der Waals surface area (Å²) in [4.78, 5) is 28.4. The van der Waals surface area contributed by atoms with E-state index >= 15 is 0 Å². The van der Waals surface area contributed by atoms with Crippen LogP contribution in [0.25, 0.3) is 0 Å². The third-order valence-electron chi connectivity index (χ3n) is 6.07. The SMILES string of the molecule is C#CC(O)(c1ccccc1)c1ccc(N2CCN(C(=O)CCC(=O)OCCOCC(=C)C)CC2)cc1. The van der Waals surface area contributed by atoms with E-state index < -0.39 is 11.6 Å². The number of piperazine rings is 1. The van der Waals surface area contributed by atoms with E-state index in [4.69, 9.17) is 15.9 Å². The number of anilines is 1. The molecule has 7 nitrogen and oxygen atoms in total. The Bertz CT molecular complexity index is 1070. The highest BCUT2D eigenvalue weighted by Gasteiger charge is 2.29. The molecule has 1 amide bonds. The molecule has 2 aromatic rings. The van der Waals surface area contributed by atoms with Crippen LogP contribution in [0.15, 0.2) is 66.7 Å². The lowest BCUT2D eigenvalue weighted by Gasteiger charge is -2.36. The van der Waals surface area contributed by atoms with Crippen molar-refractivity contribution in [2.45, 2.75) is 25.4 Å². The van der Waals surface area contributed by atoms with E-state index in [1.165, 1.54) is 0 Å².